The zero-order valence-corrected chi connectivity index (χ0v) is 13.0. The molecular formula is C15H14BrClO2. The Hall–Kier alpha value is -1.03. The van der Waals surface area contributed by atoms with Gasteiger partial charge in [-0.25, -0.2) is 0 Å². The molecule has 2 rings (SSSR count). The summed E-state index contributed by atoms with van der Waals surface area (Å²) in [5.74, 6) is 1.19. The van der Waals surface area contributed by atoms with Crippen LogP contribution in [0, 0.1) is 6.92 Å². The molecule has 0 saturated heterocycles. The lowest BCUT2D eigenvalue weighted by molar-refractivity contribution is 0.195. The summed E-state index contributed by atoms with van der Waals surface area (Å²) in [6.45, 7) is 3.67. The van der Waals surface area contributed by atoms with E-state index in [1.54, 1.807) is 13.0 Å². The minimum atomic E-state index is -0.615. The Labute approximate surface area is 126 Å². The van der Waals surface area contributed by atoms with Gasteiger partial charge in [0, 0.05) is 10.0 Å². The molecule has 0 amide bonds. The summed E-state index contributed by atoms with van der Waals surface area (Å²) in [5, 5.41) is 10.3. The molecule has 4 heteroatoms. The number of hydrogen-bond acceptors (Lipinski definition) is 2. The highest BCUT2D eigenvalue weighted by Crippen LogP contribution is 2.35. The third kappa shape index (κ3) is 3.50. The minimum absolute atomic E-state index is 0.546. The van der Waals surface area contributed by atoms with Gasteiger partial charge in [0.15, 0.2) is 0 Å². The van der Waals surface area contributed by atoms with Crippen LogP contribution < -0.4 is 4.74 Å². The third-order valence-electron chi connectivity index (χ3n) is 2.73. The van der Waals surface area contributed by atoms with Crippen LogP contribution in [-0.4, -0.2) is 5.11 Å². The summed E-state index contributed by atoms with van der Waals surface area (Å²) in [6, 6.07) is 11.1. The average molecular weight is 342 g/mol. The normalized spacial score (nSPS) is 12.3. The van der Waals surface area contributed by atoms with Gasteiger partial charge in [0.05, 0.1) is 11.1 Å². The highest BCUT2D eigenvalue weighted by molar-refractivity contribution is 9.10. The molecule has 0 aromatic heterocycles. The van der Waals surface area contributed by atoms with Crippen molar-refractivity contribution in [1.29, 1.82) is 0 Å². The molecule has 0 saturated carbocycles. The quantitative estimate of drug-likeness (QED) is 0.825. The van der Waals surface area contributed by atoms with Crippen LogP contribution >= 0.6 is 27.5 Å². The number of ether oxygens (including phenoxy) is 1. The zero-order chi connectivity index (χ0) is 14.0. The van der Waals surface area contributed by atoms with E-state index in [2.05, 4.69) is 15.9 Å². The Balaban J connectivity index is 2.40. The first-order valence-electron chi connectivity index (χ1n) is 5.89. The Morgan fingerprint density at radius 3 is 2.58 bits per heavy atom. The van der Waals surface area contributed by atoms with Crippen LogP contribution in [0.1, 0.15) is 24.2 Å². The highest BCUT2D eigenvalue weighted by Gasteiger charge is 2.12. The van der Waals surface area contributed by atoms with Gasteiger partial charge in [-0.2, -0.15) is 0 Å². The molecule has 0 heterocycles. The molecule has 0 aliphatic carbocycles. The van der Waals surface area contributed by atoms with Crippen molar-refractivity contribution in [2.75, 3.05) is 0 Å². The largest absolute Gasteiger partial charge is 0.455 e. The van der Waals surface area contributed by atoms with Crippen LogP contribution in [0.4, 0.5) is 0 Å². The number of aryl methyl sites for hydroxylation is 1. The fourth-order valence-electron chi connectivity index (χ4n) is 1.75. The molecule has 1 N–H and O–H groups in total. The predicted molar refractivity (Wildman–Crippen MR) is 81.0 cm³/mol. The Kier molecular flexibility index (Phi) is 4.50. The molecule has 0 bridgehead atoms. The van der Waals surface area contributed by atoms with Crippen LogP contribution in [-0.2, 0) is 0 Å². The molecular weight excluding hydrogens is 328 g/mol. The second-order valence-corrected chi connectivity index (χ2v) is 5.72. The lowest BCUT2D eigenvalue weighted by Gasteiger charge is -2.14. The summed E-state index contributed by atoms with van der Waals surface area (Å²) in [5.41, 5.74) is 1.78. The molecule has 0 aliphatic heterocycles. The average Bonchev–Trinajstić information content (AvgIpc) is 2.35. The maximum atomic E-state index is 9.80. The van der Waals surface area contributed by atoms with Gasteiger partial charge in [0.25, 0.3) is 0 Å². The van der Waals surface area contributed by atoms with E-state index in [-0.39, 0.29) is 0 Å². The Morgan fingerprint density at radius 2 is 1.89 bits per heavy atom. The van der Waals surface area contributed by atoms with Crippen molar-refractivity contribution in [3.8, 4) is 11.5 Å². The first-order chi connectivity index (χ1) is 8.97. The molecule has 0 fully saturated rings. The van der Waals surface area contributed by atoms with Crippen LogP contribution in [0.2, 0.25) is 5.02 Å². The van der Waals surface area contributed by atoms with Crippen molar-refractivity contribution < 1.29 is 9.84 Å². The molecule has 0 radical (unpaired) electrons. The molecule has 2 aromatic rings. The second kappa shape index (κ2) is 5.95. The van der Waals surface area contributed by atoms with E-state index in [1.165, 1.54) is 0 Å². The molecule has 0 spiro atoms. The number of benzene rings is 2. The Morgan fingerprint density at radius 1 is 1.16 bits per heavy atom. The smallest absolute Gasteiger partial charge is 0.146 e. The van der Waals surface area contributed by atoms with Gasteiger partial charge < -0.3 is 9.84 Å². The van der Waals surface area contributed by atoms with E-state index < -0.39 is 6.10 Å². The van der Waals surface area contributed by atoms with E-state index in [9.17, 15) is 5.11 Å². The molecule has 1 unspecified atom stereocenters. The van der Waals surface area contributed by atoms with Gasteiger partial charge in [-0.3, -0.25) is 0 Å². The fraction of sp³-hybridized carbons (Fsp3) is 0.200. The van der Waals surface area contributed by atoms with Crippen LogP contribution in [0.15, 0.2) is 40.9 Å². The highest BCUT2D eigenvalue weighted by atomic mass is 79.9. The van der Waals surface area contributed by atoms with Crippen molar-refractivity contribution in [1.82, 2.24) is 0 Å². The number of rotatable bonds is 3. The molecule has 2 nitrogen and oxygen atoms in total. The lowest BCUT2D eigenvalue weighted by atomic mass is 10.1. The van der Waals surface area contributed by atoms with Gasteiger partial charge in [0.1, 0.15) is 11.5 Å². The first-order valence-corrected chi connectivity index (χ1v) is 7.06. The van der Waals surface area contributed by atoms with Crippen molar-refractivity contribution in [2.24, 2.45) is 0 Å². The monoisotopic (exact) mass is 340 g/mol. The van der Waals surface area contributed by atoms with Gasteiger partial charge in [0.2, 0.25) is 0 Å². The van der Waals surface area contributed by atoms with E-state index >= 15 is 0 Å². The molecule has 2 aromatic carbocycles. The van der Waals surface area contributed by atoms with Crippen LogP contribution in [0.25, 0.3) is 0 Å². The second-order valence-electron chi connectivity index (χ2n) is 4.39. The molecule has 0 aliphatic rings. The van der Waals surface area contributed by atoms with E-state index in [1.807, 2.05) is 37.3 Å². The van der Waals surface area contributed by atoms with Gasteiger partial charge >= 0.3 is 0 Å². The summed E-state index contributed by atoms with van der Waals surface area (Å²) >= 11 is 9.50. The van der Waals surface area contributed by atoms with Crippen molar-refractivity contribution in [2.45, 2.75) is 20.0 Å². The van der Waals surface area contributed by atoms with Crippen molar-refractivity contribution in [3.63, 3.8) is 0 Å². The summed E-state index contributed by atoms with van der Waals surface area (Å²) in [6.07, 6.45) is -0.615. The van der Waals surface area contributed by atoms with Gasteiger partial charge in [-0.05, 0) is 49.7 Å². The van der Waals surface area contributed by atoms with Gasteiger partial charge in [-0.15, -0.1) is 0 Å². The van der Waals surface area contributed by atoms with Crippen LogP contribution in [0.5, 0.6) is 11.5 Å². The van der Waals surface area contributed by atoms with Crippen molar-refractivity contribution >= 4 is 27.5 Å². The SMILES string of the molecule is Cc1ccc(Cl)c(Oc2ccc(Br)cc2C(C)O)c1. The molecule has 1 atom stereocenters. The minimum Gasteiger partial charge on any atom is -0.455 e. The maximum Gasteiger partial charge on any atom is 0.146 e. The fourth-order valence-corrected chi connectivity index (χ4v) is 2.28. The third-order valence-corrected chi connectivity index (χ3v) is 3.53. The number of hydrogen-bond donors (Lipinski definition) is 1. The van der Waals surface area contributed by atoms with E-state index in [0.717, 1.165) is 10.0 Å². The van der Waals surface area contributed by atoms with Crippen molar-refractivity contribution in [3.05, 3.63) is 57.0 Å². The lowest BCUT2D eigenvalue weighted by Crippen LogP contribution is -1.96. The molecule has 19 heavy (non-hydrogen) atoms. The number of halogens is 2. The van der Waals surface area contributed by atoms with E-state index in [0.29, 0.717) is 22.1 Å². The summed E-state index contributed by atoms with van der Waals surface area (Å²) in [7, 11) is 0. The standard InChI is InChI=1S/C15H14BrClO2/c1-9-3-5-13(17)15(7-9)19-14-6-4-11(16)8-12(14)10(2)18/h3-8,10,18H,1-2H3. The van der Waals surface area contributed by atoms with Crippen LogP contribution in [0.3, 0.4) is 0 Å². The summed E-state index contributed by atoms with van der Waals surface area (Å²) in [4.78, 5) is 0. The molecule has 100 valence electrons. The number of aliphatic hydroxyl groups is 1. The predicted octanol–water partition coefficient (Wildman–Crippen LogP) is 5.26. The first kappa shape index (κ1) is 14.4. The number of aliphatic hydroxyl groups excluding tert-OH is 1. The zero-order valence-electron chi connectivity index (χ0n) is 10.7. The summed E-state index contributed by atoms with van der Waals surface area (Å²) < 4.78 is 6.72. The maximum absolute atomic E-state index is 9.80. The Bertz CT molecular complexity index is 597. The van der Waals surface area contributed by atoms with Gasteiger partial charge in [-0.1, -0.05) is 33.6 Å². The van der Waals surface area contributed by atoms with E-state index in [4.69, 9.17) is 16.3 Å². The topological polar surface area (TPSA) is 29.5 Å².